The van der Waals surface area contributed by atoms with Crippen LogP contribution in [0.5, 0.6) is 0 Å². The van der Waals surface area contributed by atoms with Gasteiger partial charge in [-0.2, -0.15) is 12.7 Å². The van der Waals surface area contributed by atoms with E-state index in [0.29, 0.717) is 48.7 Å². The van der Waals surface area contributed by atoms with Crippen molar-refractivity contribution in [2.75, 3.05) is 73.4 Å². The minimum Gasteiger partial charge on any atom is -0.372 e. The summed E-state index contributed by atoms with van der Waals surface area (Å²) in [6.45, 7) is 4.44. The number of hydrogen-bond acceptors (Lipinski definition) is 11. The first-order valence-corrected chi connectivity index (χ1v) is 23.9. The number of piperazine rings is 1. The Morgan fingerprint density at radius 2 is 1.51 bits per heavy atom. The third-order valence-electron chi connectivity index (χ3n) is 13.7. The predicted molar refractivity (Wildman–Crippen MR) is 242 cm³/mol. The van der Waals surface area contributed by atoms with Gasteiger partial charge in [-0.1, -0.05) is 12.1 Å². The largest absolute Gasteiger partial charge is 0.372 e. The number of amides is 4. The number of carbonyl (C=O) groups is 5. The summed E-state index contributed by atoms with van der Waals surface area (Å²) >= 11 is 0. The Morgan fingerprint density at radius 3 is 2.21 bits per heavy atom. The normalized spacial score (nSPS) is 21.0. The second kappa shape index (κ2) is 17.7. The number of imide groups is 2. The van der Waals surface area contributed by atoms with Crippen LogP contribution in [0.1, 0.15) is 68.7 Å². The molecule has 3 aromatic carbocycles. The van der Waals surface area contributed by atoms with Crippen molar-refractivity contribution in [3.05, 3.63) is 107 Å². The van der Waals surface area contributed by atoms with E-state index in [1.165, 1.54) is 12.3 Å². The van der Waals surface area contributed by atoms with Gasteiger partial charge in [0.1, 0.15) is 29.5 Å². The van der Waals surface area contributed by atoms with Crippen LogP contribution in [0.15, 0.2) is 67.0 Å². The zero-order chi connectivity index (χ0) is 47.6. The van der Waals surface area contributed by atoms with E-state index in [4.69, 9.17) is 0 Å². The minimum absolute atomic E-state index is 0.00776. The van der Waals surface area contributed by atoms with Crippen LogP contribution in [0, 0.1) is 23.4 Å². The van der Waals surface area contributed by atoms with E-state index in [1.807, 2.05) is 33.9 Å². The van der Waals surface area contributed by atoms with Crippen molar-refractivity contribution in [2.45, 2.75) is 44.3 Å². The summed E-state index contributed by atoms with van der Waals surface area (Å²) in [6, 6.07) is 12.6. The van der Waals surface area contributed by atoms with Crippen molar-refractivity contribution in [2.24, 2.45) is 5.92 Å². The molecule has 0 aliphatic carbocycles. The van der Waals surface area contributed by atoms with Gasteiger partial charge in [-0.3, -0.25) is 43.8 Å². The molecule has 2 aromatic heterocycles. The molecule has 10 rings (SSSR count). The summed E-state index contributed by atoms with van der Waals surface area (Å²) in [7, 11) is -4.37. The van der Waals surface area contributed by atoms with E-state index in [9.17, 15) is 36.8 Å². The maximum absolute atomic E-state index is 15.8. The molecule has 1 unspecified atom stereocenters. The number of anilines is 3. The molecule has 21 heteroatoms. The van der Waals surface area contributed by atoms with Gasteiger partial charge in [0.2, 0.25) is 17.6 Å². The Morgan fingerprint density at radius 1 is 0.794 bits per heavy atom. The number of halogens is 4. The maximum Gasteiger partial charge on any atom is 0.301 e. The van der Waals surface area contributed by atoms with Gasteiger partial charge in [0, 0.05) is 99.9 Å². The molecule has 0 bridgehead atoms. The molecule has 5 aliphatic rings. The van der Waals surface area contributed by atoms with E-state index >= 15 is 13.2 Å². The molecule has 4 saturated heterocycles. The highest BCUT2D eigenvalue weighted by atomic mass is 32.2. The number of benzene rings is 3. The molecule has 0 saturated carbocycles. The second-order valence-corrected chi connectivity index (χ2v) is 19.5. The number of aromatic nitrogens is 2. The smallest absolute Gasteiger partial charge is 0.301 e. The lowest BCUT2D eigenvalue weighted by Gasteiger charge is -2.40. The molecule has 16 nitrogen and oxygen atoms in total. The van der Waals surface area contributed by atoms with Crippen molar-refractivity contribution in [3.63, 3.8) is 0 Å². The first kappa shape index (κ1) is 45.1. The minimum atomic E-state index is -4.37. The average Bonchev–Trinajstić information content (AvgIpc) is 4.03. The van der Waals surface area contributed by atoms with Gasteiger partial charge < -0.3 is 14.8 Å². The molecule has 3 N–H and O–H groups in total. The number of carbonyl (C=O) groups excluding carboxylic acids is 5. The first-order chi connectivity index (χ1) is 32.6. The van der Waals surface area contributed by atoms with Crippen LogP contribution in [-0.4, -0.2) is 133 Å². The third-order valence-corrected chi connectivity index (χ3v) is 15.2. The number of H-pyrrole nitrogens is 1. The summed E-state index contributed by atoms with van der Waals surface area (Å²) < 4.78 is 88.6. The Bertz CT molecular complexity index is 3010. The number of nitrogens with one attached hydrogen (secondary N) is 3. The Balaban J connectivity index is 0.740. The van der Waals surface area contributed by atoms with Crippen molar-refractivity contribution in [1.82, 2.24) is 29.4 Å². The van der Waals surface area contributed by atoms with Crippen LogP contribution in [0.4, 0.5) is 34.6 Å². The fraction of sp³-hybridized carbons (Fsp3) is 0.362. The number of hydrogen-bond donors (Lipinski definition) is 3. The van der Waals surface area contributed by atoms with Crippen molar-refractivity contribution >= 4 is 67.7 Å². The fourth-order valence-electron chi connectivity index (χ4n) is 9.93. The van der Waals surface area contributed by atoms with Crippen molar-refractivity contribution in [3.8, 4) is 11.1 Å². The summed E-state index contributed by atoms with van der Waals surface area (Å²) in [5, 5.41) is 2.47. The Labute approximate surface area is 387 Å². The highest BCUT2D eigenvalue weighted by Crippen LogP contribution is 2.35. The highest BCUT2D eigenvalue weighted by Gasteiger charge is 2.45. The van der Waals surface area contributed by atoms with Crippen molar-refractivity contribution < 1.29 is 50.0 Å². The molecule has 2 atom stereocenters. The number of rotatable bonds is 11. The number of pyridine rings is 1. The number of ketones is 1. The Kier molecular flexibility index (Phi) is 11.8. The SMILES string of the molecule is O=C1CCC(N2C(=O)c3cc(F)c(N4CCN(CC5CCN(c6ccc(-c7cnc8[nH]cc(C(=O)c9c(F)ccc(NS(=O)(=O)N%10CC[C@@H](F)C%10)c9F)c8c7)cc6)CC5)CC4)cc3C2=O)C(=O)N1. The molecule has 5 aliphatic heterocycles. The number of aromatic amines is 1. The summed E-state index contributed by atoms with van der Waals surface area (Å²) in [6.07, 6.45) is 3.47. The van der Waals surface area contributed by atoms with E-state index in [0.717, 1.165) is 71.1 Å². The van der Waals surface area contributed by atoms with Gasteiger partial charge in [-0.05, 0) is 79.6 Å². The van der Waals surface area contributed by atoms with Gasteiger partial charge in [-0.25, -0.2) is 22.5 Å². The lowest BCUT2D eigenvalue weighted by molar-refractivity contribution is -0.136. The molecule has 354 valence electrons. The van der Waals surface area contributed by atoms with Gasteiger partial charge in [0.15, 0.2) is 5.82 Å². The molecule has 68 heavy (non-hydrogen) atoms. The van der Waals surface area contributed by atoms with Crippen LogP contribution in [0.25, 0.3) is 22.2 Å². The standard InChI is InChI=1S/C47H45F4N9O7S/c48-29-11-14-59(25-29)68(66,67)55-37-6-5-35(49)41(42(37)51)43(62)34-23-53-44-31(34)19-28(22-52-44)27-1-3-30(4-2-27)57-12-9-26(10-13-57)24-56-15-17-58(18-16-56)39-21-33-32(20-36(39)50)46(64)60(47(33)65)38-7-8-40(61)54-45(38)63/h1-6,19-23,26,29,38,55H,7-18,24-25H2,(H,52,53)(H,54,61,63)/t29-,38?/m1/s1. The third kappa shape index (κ3) is 8.35. The molecule has 4 fully saturated rings. The van der Waals surface area contributed by atoms with Gasteiger partial charge in [0.05, 0.1) is 28.1 Å². The number of fused-ring (bicyclic) bond motifs is 2. The predicted octanol–water partition coefficient (Wildman–Crippen LogP) is 5.02. The van der Waals surface area contributed by atoms with E-state index in [2.05, 4.69) is 25.1 Å². The zero-order valence-electron chi connectivity index (χ0n) is 36.4. The van der Waals surface area contributed by atoms with Gasteiger partial charge >= 0.3 is 10.2 Å². The topological polar surface area (TPSA) is 188 Å². The molecular weight excluding hydrogens is 911 g/mol. The van der Waals surface area contributed by atoms with Crippen LogP contribution in [0.2, 0.25) is 0 Å². The summed E-state index contributed by atoms with van der Waals surface area (Å²) in [4.78, 5) is 79.0. The molecule has 7 heterocycles. The summed E-state index contributed by atoms with van der Waals surface area (Å²) in [5.41, 5.74) is 1.27. The van der Waals surface area contributed by atoms with Crippen LogP contribution >= 0.6 is 0 Å². The quantitative estimate of drug-likeness (QED) is 0.0917. The molecular formula is C47H45F4N9O7S. The van der Waals surface area contributed by atoms with E-state index in [-0.39, 0.29) is 48.2 Å². The van der Waals surface area contributed by atoms with Gasteiger partial charge in [-0.15, -0.1) is 0 Å². The number of piperidine rings is 2. The molecule has 4 amide bonds. The van der Waals surface area contributed by atoms with Crippen LogP contribution in [0.3, 0.4) is 0 Å². The monoisotopic (exact) mass is 955 g/mol. The highest BCUT2D eigenvalue weighted by molar-refractivity contribution is 7.90. The van der Waals surface area contributed by atoms with Gasteiger partial charge in [0.25, 0.3) is 11.8 Å². The molecule has 0 spiro atoms. The Hall–Kier alpha value is -6.71. The summed E-state index contributed by atoms with van der Waals surface area (Å²) in [5.74, 6) is -6.41. The maximum atomic E-state index is 15.8. The number of nitrogens with zero attached hydrogens (tertiary/aromatic N) is 6. The first-order valence-electron chi connectivity index (χ1n) is 22.4. The number of alkyl halides is 1. The van der Waals surface area contributed by atoms with E-state index < -0.39 is 87.1 Å². The van der Waals surface area contributed by atoms with E-state index in [1.54, 1.807) is 12.3 Å². The molecule has 0 radical (unpaired) electrons. The molecule has 5 aromatic rings. The van der Waals surface area contributed by atoms with Crippen LogP contribution in [-0.2, 0) is 19.8 Å². The lowest BCUT2D eigenvalue weighted by atomic mass is 9.95. The average molecular weight is 956 g/mol. The fourth-order valence-corrected chi connectivity index (χ4v) is 11.2. The lowest BCUT2D eigenvalue weighted by Crippen LogP contribution is -2.54. The van der Waals surface area contributed by atoms with Crippen molar-refractivity contribution in [1.29, 1.82) is 0 Å². The van der Waals surface area contributed by atoms with Crippen LogP contribution < -0.4 is 19.8 Å². The second-order valence-electron chi connectivity index (χ2n) is 17.8. The zero-order valence-corrected chi connectivity index (χ0v) is 37.3.